The molecule has 88 valence electrons. The van der Waals surface area contributed by atoms with Crippen LogP contribution in [0.15, 0.2) is 22.7 Å². The molecule has 2 nitrogen and oxygen atoms in total. The van der Waals surface area contributed by atoms with Crippen LogP contribution in [0.2, 0.25) is 0 Å². The molecule has 2 rings (SSSR count). The third kappa shape index (κ3) is 3.22. The molecule has 3 heteroatoms. The molecule has 0 aliphatic carbocycles. The van der Waals surface area contributed by atoms with Gasteiger partial charge in [-0.2, -0.15) is 0 Å². The number of aryl methyl sites for hydroxylation is 1. The molecule has 16 heavy (non-hydrogen) atoms. The standard InChI is InChI=1S/C13H19BrN2/c1-10-4-5-12(14)7-13(10)16-9-11-3-2-6-15-8-11/h4-5,7,11,15-16H,2-3,6,8-9H2,1H3. The van der Waals surface area contributed by atoms with E-state index in [1.54, 1.807) is 0 Å². The SMILES string of the molecule is Cc1ccc(Br)cc1NCC1CCCNC1. The van der Waals surface area contributed by atoms with Crippen molar-refractivity contribution < 1.29 is 0 Å². The summed E-state index contributed by atoms with van der Waals surface area (Å²) in [4.78, 5) is 0. The molecule has 0 aromatic heterocycles. The first-order chi connectivity index (χ1) is 7.75. The van der Waals surface area contributed by atoms with E-state index in [2.05, 4.69) is 51.7 Å². The maximum atomic E-state index is 3.55. The molecule has 0 bridgehead atoms. The molecular weight excluding hydrogens is 264 g/mol. The zero-order valence-corrected chi connectivity index (χ0v) is 11.3. The molecule has 1 fully saturated rings. The van der Waals surface area contributed by atoms with Crippen LogP contribution in [0.5, 0.6) is 0 Å². The topological polar surface area (TPSA) is 24.1 Å². The lowest BCUT2D eigenvalue weighted by Crippen LogP contribution is -2.33. The Morgan fingerprint density at radius 3 is 3.12 bits per heavy atom. The van der Waals surface area contributed by atoms with Crippen molar-refractivity contribution in [3.8, 4) is 0 Å². The van der Waals surface area contributed by atoms with Crippen molar-refractivity contribution >= 4 is 21.6 Å². The quantitative estimate of drug-likeness (QED) is 0.890. The molecule has 1 heterocycles. The number of piperidine rings is 1. The van der Waals surface area contributed by atoms with E-state index in [4.69, 9.17) is 0 Å². The van der Waals surface area contributed by atoms with Gasteiger partial charge in [0.05, 0.1) is 0 Å². The lowest BCUT2D eigenvalue weighted by atomic mass is 9.99. The first-order valence-electron chi connectivity index (χ1n) is 5.96. The second-order valence-corrected chi connectivity index (χ2v) is 5.47. The summed E-state index contributed by atoms with van der Waals surface area (Å²) in [5, 5.41) is 7.00. The van der Waals surface area contributed by atoms with Crippen LogP contribution in [0.1, 0.15) is 18.4 Å². The van der Waals surface area contributed by atoms with E-state index in [0.29, 0.717) is 0 Å². The Kier molecular flexibility index (Phi) is 4.24. The van der Waals surface area contributed by atoms with E-state index < -0.39 is 0 Å². The summed E-state index contributed by atoms with van der Waals surface area (Å²) >= 11 is 3.51. The Hall–Kier alpha value is -0.540. The number of halogens is 1. The van der Waals surface area contributed by atoms with Gasteiger partial charge >= 0.3 is 0 Å². The van der Waals surface area contributed by atoms with Gasteiger partial charge in [-0.25, -0.2) is 0 Å². The molecule has 0 spiro atoms. The number of nitrogens with one attached hydrogen (secondary N) is 2. The summed E-state index contributed by atoms with van der Waals surface area (Å²) < 4.78 is 1.14. The van der Waals surface area contributed by atoms with Crippen LogP contribution in [0.4, 0.5) is 5.69 Å². The first kappa shape index (κ1) is 11.9. The maximum Gasteiger partial charge on any atom is 0.0381 e. The second-order valence-electron chi connectivity index (χ2n) is 4.55. The minimum atomic E-state index is 0.770. The zero-order valence-electron chi connectivity index (χ0n) is 9.72. The van der Waals surface area contributed by atoms with E-state index in [1.165, 1.54) is 30.6 Å². The largest absolute Gasteiger partial charge is 0.384 e. The normalized spacial score (nSPS) is 20.8. The minimum Gasteiger partial charge on any atom is -0.384 e. The number of anilines is 1. The van der Waals surface area contributed by atoms with Crippen molar-refractivity contribution in [3.05, 3.63) is 28.2 Å². The third-order valence-electron chi connectivity index (χ3n) is 3.18. The molecule has 1 unspecified atom stereocenters. The summed E-state index contributed by atoms with van der Waals surface area (Å²) in [7, 11) is 0. The van der Waals surface area contributed by atoms with Gasteiger partial charge in [-0.3, -0.25) is 0 Å². The highest BCUT2D eigenvalue weighted by Gasteiger charge is 2.12. The highest BCUT2D eigenvalue weighted by Crippen LogP contribution is 2.21. The summed E-state index contributed by atoms with van der Waals surface area (Å²) in [6.07, 6.45) is 2.65. The Balaban J connectivity index is 1.90. The van der Waals surface area contributed by atoms with Crippen LogP contribution in [0.25, 0.3) is 0 Å². The van der Waals surface area contributed by atoms with Gasteiger partial charge in [0.15, 0.2) is 0 Å². The second kappa shape index (κ2) is 5.69. The molecule has 1 saturated heterocycles. The van der Waals surface area contributed by atoms with Crippen molar-refractivity contribution in [3.63, 3.8) is 0 Å². The minimum absolute atomic E-state index is 0.770. The molecule has 1 atom stereocenters. The molecule has 1 aliphatic rings. The van der Waals surface area contributed by atoms with E-state index in [9.17, 15) is 0 Å². The molecule has 0 radical (unpaired) electrons. The van der Waals surface area contributed by atoms with E-state index in [1.807, 2.05) is 0 Å². The Bertz CT molecular complexity index is 346. The monoisotopic (exact) mass is 282 g/mol. The van der Waals surface area contributed by atoms with Crippen LogP contribution in [0, 0.1) is 12.8 Å². The third-order valence-corrected chi connectivity index (χ3v) is 3.67. The average molecular weight is 283 g/mol. The smallest absolute Gasteiger partial charge is 0.0381 e. The molecule has 2 N–H and O–H groups in total. The molecule has 1 aromatic carbocycles. The van der Waals surface area contributed by atoms with Crippen LogP contribution in [0.3, 0.4) is 0 Å². The summed E-state index contributed by atoms with van der Waals surface area (Å²) in [5.74, 6) is 0.770. The summed E-state index contributed by atoms with van der Waals surface area (Å²) in [6, 6.07) is 6.39. The van der Waals surface area contributed by atoms with Gasteiger partial charge in [0, 0.05) is 16.7 Å². The molecular formula is C13H19BrN2. The van der Waals surface area contributed by atoms with Gasteiger partial charge in [-0.05, 0) is 56.5 Å². The van der Waals surface area contributed by atoms with Crippen molar-refractivity contribution in [1.82, 2.24) is 5.32 Å². The van der Waals surface area contributed by atoms with E-state index in [0.717, 1.165) is 23.5 Å². The lowest BCUT2D eigenvalue weighted by Gasteiger charge is -2.23. The van der Waals surface area contributed by atoms with E-state index in [-0.39, 0.29) is 0 Å². The predicted octanol–water partition coefficient (Wildman–Crippen LogP) is 3.17. The predicted molar refractivity (Wildman–Crippen MR) is 73.0 cm³/mol. The highest BCUT2D eigenvalue weighted by molar-refractivity contribution is 9.10. The fourth-order valence-corrected chi connectivity index (χ4v) is 2.50. The van der Waals surface area contributed by atoms with Crippen molar-refractivity contribution in [2.45, 2.75) is 19.8 Å². The van der Waals surface area contributed by atoms with Crippen LogP contribution < -0.4 is 10.6 Å². The van der Waals surface area contributed by atoms with Gasteiger partial charge < -0.3 is 10.6 Å². The number of hydrogen-bond acceptors (Lipinski definition) is 2. The van der Waals surface area contributed by atoms with Gasteiger partial charge in [-0.15, -0.1) is 0 Å². The summed E-state index contributed by atoms with van der Waals surface area (Å²) in [6.45, 7) is 5.56. The zero-order chi connectivity index (χ0) is 11.4. The number of rotatable bonds is 3. The fraction of sp³-hybridized carbons (Fsp3) is 0.538. The maximum absolute atomic E-state index is 3.55. The number of benzene rings is 1. The Morgan fingerprint density at radius 1 is 1.50 bits per heavy atom. The molecule has 0 saturated carbocycles. The number of hydrogen-bond donors (Lipinski definition) is 2. The van der Waals surface area contributed by atoms with Crippen molar-refractivity contribution in [2.24, 2.45) is 5.92 Å². The van der Waals surface area contributed by atoms with Gasteiger partial charge in [0.25, 0.3) is 0 Å². The first-order valence-corrected chi connectivity index (χ1v) is 6.76. The van der Waals surface area contributed by atoms with Crippen molar-refractivity contribution in [1.29, 1.82) is 0 Å². The van der Waals surface area contributed by atoms with Gasteiger partial charge in [0.2, 0.25) is 0 Å². The molecule has 1 aliphatic heterocycles. The lowest BCUT2D eigenvalue weighted by molar-refractivity contribution is 0.393. The van der Waals surface area contributed by atoms with Crippen LogP contribution >= 0.6 is 15.9 Å². The average Bonchev–Trinajstić information content (AvgIpc) is 2.32. The van der Waals surface area contributed by atoms with Crippen LogP contribution in [-0.4, -0.2) is 19.6 Å². The van der Waals surface area contributed by atoms with Crippen LogP contribution in [-0.2, 0) is 0 Å². The van der Waals surface area contributed by atoms with Gasteiger partial charge in [0.1, 0.15) is 0 Å². The highest BCUT2D eigenvalue weighted by atomic mass is 79.9. The van der Waals surface area contributed by atoms with E-state index >= 15 is 0 Å². The molecule has 1 aromatic rings. The van der Waals surface area contributed by atoms with Gasteiger partial charge in [-0.1, -0.05) is 22.0 Å². The summed E-state index contributed by atoms with van der Waals surface area (Å²) in [5.41, 5.74) is 2.56. The molecule has 0 amide bonds. The van der Waals surface area contributed by atoms with Crippen molar-refractivity contribution in [2.75, 3.05) is 25.0 Å². The Labute approximate surface area is 106 Å². The Morgan fingerprint density at radius 2 is 2.38 bits per heavy atom. The fourth-order valence-electron chi connectivity index (χ4n) is 2.14.